The Labute approximate surface area is 172 Å². The minimum absolute atomic E-state index is 0.0585. The molecule has 0 unspecified atom stereocenters. The molecule has 5 aromatic rings. The maximum Gasteiger partial charge on any atom is 0.226 e. The first kappa shape index (κ1) is 18.1. The number of benzene rings is 3. The summed E-state index contributed by atoms with van der Waals surface area (Å²) in [5, 5.41) is 13.8. The Hall–Kier alpha value is -3.93. The molecule has 0 bridgehead atoms. The minimum atomic E-state index is -0.171. The number of nitrogens with one attached hydrogen (secondary N) is 1. The van der Waals surface area contributed by atoms with Crippen molar-refractivity contribution in [3.8, 4) is 5.75 Å². The van der Waals surface area contributed by atoms with Crippen molar-refractivity contribution in [1.82, 2.24) is 14.5 Å². The van der Waals surface area contributed by atoms with Crippen LogP contribution in [0.2, 0.25) is 0 Å². The largest absolute Gasteiger partial charge is 0.506 e. The number of hydrogen-bond acceptors (Lipinski definition) is 4. The molecule has 0 radical (unpaired) electrons. The molecule has 0 saturated carbocycles. The molecule has 2 aromatic heterocycles. The fourth-order valence-electron chi connectivity index (χ4n) is 3.79. The maximum absolute atomic E-state index is 12.6. The summed E-state index contributed by atoms with van der Waals surface area (Å²) >= 11 is 0. The van der Waals surface area contributed by atoms with Gasteiger partial charge in [-0.3, -0.25) is 4.79 Å². The Kier molecular flexibility index (Phi) is 4.32. The third kappa shape index (κ3) is 3.12. The number of aryl methyl sites for hydroxylation is 2. The van der Waals surface area contributed by atoms with Crippen LogP contribution in [0, 0.1) is 6.92 Å². The number of amides is 1. The number of carbonyl (C=O) groups excluding carboxylic acids is 1. The van der Waals surface area contributed by atoms with Gasteiger partial charge in [0.1, 0.15) is 11.3 Å². The van der Waals surface area contributed by atoms with Crippen LogP contribution < -0.4 is 5.32 Å². The van der Waals surface area contributed by atoms with Gasteiger partial charge >= 0.3 is 0 Å². The summed E-state index contributed by atoms with van der Waals surface area (Å²) in [6.45, 7) is 2.37. The van der Waals surface area contributed by atoms with Crippen LogP contribution >= 0.6 is 0 Å². The monoisotopic (exact) mass is 396 g/mol. The number of aromatic nitrogens is 3. The number of phenolic OH excluding ortho intramolecular Hbond substituents is 1. The summed E-state index contributed by atoms with van der Waals surface area (Å²) in [7, 11) is 0. The highest BCUT2D eigenvalue weighted by molar-refractivity contribution is 6.06. The number of aromatic hydroxyl groups is 1. The number of para-hydroxylation sites is 3. The zero-order valence-electron chi connectivity index (χ0n) is 16.5. The Bertz CT molecular complexity index is 1420. The molecule has 3 aromatic carbocycles. The molecule has 2 heterocycles. The molecule has 0 spiro atoms. The number of carbonyl (C=O) groups is 1. The van der Waals surface area contributed by atoms with E-state index in [0.717, 1.165) is 38.7 Å². The van der Waals surface area contributed by atoms with Gasteiger partial charge < -0.3 is 15.0 Å². The highest BCUT2D eigenvalue weighted by atomic mass is 16.3. The number of nitrogens with zero attached hydrogens (tertiary/aromatic N) is 3. The summed E-state index contributed by atoms with van der Waals surface area (Å²) in [6.07, 6.45) is 0.246. The van der Waals surface area contributed by atoms with Gasteiger partial charge in [0.2, 0.25) is 5.91 Å². The van der Waals surface area contributed by atoms with E-state index in [-0.39, 0.29) is 18.1 Å². The van der Waals surface area contributed by atoms with Crippen molar-refractivity contribution < 1.29 is 9.90 Å². The number of phenols is 1. The number of hydrogen-bond donors (Lipinski definition) is 2. The van der Waals surface area contributed by atoms with E-state index in [1.165, 1.54) is 0 Å². The van der Waals surface area contributed by atoms with Crippen LogP contribution in [0.5, 0.6) is 5.75 Å². The van der Waals surface area contributed by atoms with E-state index in [1.807, 2.05) is 60.0 Å². The van der Waals surface area contributed by atoms with E-state index < -0.39 is 0 Å². The molecule has 6 nitrogen and oxygen atoms in total. The molecular weight excluding hydrogens is 376 g/mol. The van der Waals surface area contributed by atoms with Crippen LogP contribution in [0.4, 0.5) is 5.69 Å². The maximum atomic E-state index is 12.6. The normalized spacial score (nSPS) is 11.4. The van der Waals surface area contributed by atoms with Crippen molar-refractivity contribution in [2.45, 2.75) is 19.9 Å². The highest BCUT2D eigenvalue weighted by Crippen LogP contribution is 2.29. The molecule has 0 fully saturated rings. The lowest BCUT2D eigenvalue weighted by atomic mass is 10.2. The molecule has 1 amide bonds. The lowest BCUT2D eigenvalue weighted by Gasteiger charge is -2.10. The average molecular weight is 396 g/mol. The molecule has 30 heavy (non-hydrogen) atoms. The van der Waals surface area contributed by atoms with Crippen molar-refractivity contribution in [3.63, 3.8) is 0 Å². The SMILES string of the molecule is Cc1ccc(O)c(NC(=O)CCn2c3ccccc3c3nc4ccccc4nc32)c1. The van der Waals surface area contributed by atoms with Crippen LogP contribution in [-0.2, 0) is 11.3 Å². The molecule has 0 atom stereocenters. The third-order valence-corrected chi connectivity index (χ3v) is 5.25. The van der Waals surface area contributed by atoms with Crippen LogP contribution in [0.25, 0.3) is 33.1 Å². The lowest BCUT2D eigenvalue weighted by molar-refractivity contribution is -0.116. The van der Waals surface area contributed by atoms with Crippen molar-refractivity contribution >= 4 is 44.7 Å². The highest BCUT2D eigenvalue weighted by Gasteiger charge is 2.15. The van der Waals surface area contributed by atoms with Gasteiger partial charge in [-0.2, -0.15) is 0 Å². The average Bonchev–Trinajstić information content (AvgIpc) is 3.06. The predicted molar refractivity (Wildman–Crippen MR) is 119 cm³/mol. The molecular formula is C24H20N4O2. The number of anilines is 1. The zero-order chi connectivity index (χ0) is 20.7. The number of fused-ring (bicyclic) bond motifs is 4. The zero-order valence-corrected chi connectivity index (χ0v) is 16.5. The van der Waals surface area contributed by atoms with Crippen molar-refractivity contribution in [1.29, 1.82) is 0 Å². The van der Waals surface area contributed by atoms with E-state index >= 15 is 0 Å². The summed E-state index contributed by atoms with van der Waals surface area (Å²) in [5.41, 5.74) is 5.65. The Morgan fingerprint density at radius 3 is 2.57 bits per heavy atom. The Balaban J connectivity index is 1.51. The van der Waals surface area contributed by atoms with E-state index in [2.05, 4.69) is 5.32 Å². The first-order valence-corrected chi connectivity index (χ1v) is 9.83. The van der Waals surface area contributed by atoms with E-state index in [9.17, 15) is 9.90 Å². The second-order valence-electron chi connectivity index (χ2n) is 7.37. The smallest absolute Gasteiger partial charge is 0.226 e. The fraction of sp³-hybridized carbons (Fsp3) is 0.125. The van der Waals surface area contributed by atoms with Crippen LogP contribution in [0.3, 0.4) is 0 Å². The van der Waals surface area contributed by atoms with Crippen molar-refractivity contribution in [3.05, 3.63) is 72.3 Å². The van der Waals surface area contributed by atoms with Crippen molar-refractivity contribution in [2.75, 3.05) is 5.32 Å². The van der Waals surface area contributed by atoms with Gasteiger partial charge in [0.15, 0.2) is 5.65 Å². The van der Waals surface area contributed by atoms with Gasteiger partial charge in [-0.05, 0) is 42.8 Å². The summed E-state index contributed by atoms with van der Waals surface area (Å²) < 4.78 is 2.04. The second kappa shape index (κ2) is 7.15. The quantitative estimate of drug-likeness (QED) is 0.429. The van der Waals surface area contributed by atoms with Gasteiger partial charge in [0, 0.05) is 18.4 Å². The van der Waals surface area contributed by atoms with Crippen LogP contribution in [-0.4, -0.2) is 25.5 Å². The van der Waals surface area contributed by atoms with Gasteiger partial charge in [0.25, 0.3) is 0 Å². The first-order chi connectivity index (χ1) is 14.6. The van der Waals surface area contributed by atoms with Crippen molar-refractivity contribution in [2.24, 2.45) is 0 Å². The Morgan fingerprint density at radius 2 is 1.73 bits per heavy atom. The molecule has 148 valence electrons. The predicted octanol–water partition coefficient (Wildman–Crippen LogP) is 4.78. The van der Waals surface area contributed by atoms with Gasteiger partial charge in [-0.15, -0.1) is 0 Å². The molecule has 0 aliphatic heterocycles. The second-order valence-corrected chi connectivity index (χ2v) is 7.37. The van der Waals surface area contributed by atoms with E-state index in [1.54, 1.807) is 18.2 Å². The summed E-state index contributed by atoms with van der Waals surface area (Å²) in [6, 6.07) is 20.9. The molecule has 5 rings (SSSR count). The van der Waals surface area contributed by atoms with Gasteiger partial charge in [-0.25, -0.2) is 9.97 Å². The van der Waals surface area contributed by atoms with Crippen LogP contribution in [0.1, 0.15) is 12.0 Å². The molecule has 0 aliphatic carbocycles. The molecule has 0 aliphatic rings. The summed E-state index contributed by atoms with van der Waals surface area (Å²) in [4.78, 5) is 22.2. The minimum Gasteiger partial charge on any atom is -0.506 e. The van der Waals surface area contributed by atoms with E-state index in [4.69, 9.17) is 9.97 Å². The van der Waals surface area contributed by atoms with Crippen LogP contribution in [0.15, 0.2) is 66.7 Å². The standard InChI is InChI=1S/C24H20N4O2/c1-15-10-11-21(29)19(14-15)25-22(30)12-13-28-20-9-5-2-6-16(20)23-24(28)27-18-8-4-3-7-17(18)26-23/h2-11,14,29H,12-13H2,1H3,(H,25,30). The third-order valence-electron chi connectivity index (χ3n) is 5.25. The number of rotatable bonds is 4. The molecule has 0 saturated heterocycles. The topological polar surface area (TPSA) is 80.0 Å². The van der Waals surface area contributed by atoms with Gasteiger partial charge in [0.05, 0.1) is 22.2 Å². The summed E-state index contributed by atoms with van der Waals surface area (Å²) in [5.74, 6) is -0.112. The Morgan fingerprint density at radius 1 is 1.00 bits per heavy atom. The fourth-order valence-corrected chi connectivity index (χ4v) is 3.79. The molecule has 2 N–H and O–H groups in total. The van der Waals surface area contributed by atoms with Gasteiger partial charge in [-0.1, -0.05) is 36.4 Å². The molecule has 6 heteroatoms. The lowest BCUT2D eigenvalue weighted by Crippen LogP contribution is -2.15. The van der Waals surface area contributed by atoms with E-state index in [0.29, 0.717) is 12.2 Å². The first-order valence-electron chi connectivity index (χ1n) is 9.83.